The predicted molar refractivity (Wildman–Crippen MR) is 84.6 cm³/mol. The molecule has 1 aliphatic heterocycles. The smallest absolute Gasteiger partial charge is 0.306 e. The molecule has 3 rings (SSSR count). The van der Waals surface area contributed by atoms with Gasteiger partial charge >= 0.3 is 10.1 Å². The predicted octanol–water partition coefficient (Wildman–Crippen LogP) is 1.11. The van der Waals surface area contributed by atoms with E-state index in [0.29, 0.717) is 13.1 Å². The van der Waals surface area contributed by atoms with Gasteiger partial charge in [0.15, 0.2) is 0 Å². The zero-order valence-corrected chi connectivity index (χ0v) is 12.9. The minimum absolute atomic E-state index is 0.00631. The lowest BCUT2D eigenvalue weighted by atomic mass is 10.1. The number of benzene rings is 2. The van der Waals surface area contributed by atoms with Crippen molar-refractivity contribution in [2.75, 3.05) is 30.8 Å². The van der Waals surface area contributed by atoms with Crippen molar-refractivity contribution < 1.29 is 17.4 Å². The molecule has 116 valence electrons. The van der Waals surface area contributed by atoms with E-state index in [1.165, 1.54) is 0 Å². The number of amides is 1. The average molecular weight is 320 g/mol. The first-order valence-corrected chi connectivity index (χ1v) is 8.69. The lowest BCUT2D eigenvalue weighted by molar-refractivity contribution is -0.118. The largest absolute Gasteiger partial charge is 0.383 e. The number of hydrogen-bond donors (Lipinski definition) is 1. The van der Waals surface area contributed by atoms with Crippen molar-refractivity contribution >= 4 is 32.5 Å². The van der Waals surface area contributed by atoms with Gasteiger partial charge in [0.05, 0.1) is 18.5 Å². The van der Waals surface area contributed by atoms with Crippen molar-refractivity contribution in [2.45, 2.75) is 0 Å². The lowest BCUT2D eigenvalue weighted by Crippen LogP contribution is -2.48. The molecule has 1 amide bonds. The van der Waals surface area contributed by atoms with E-state index in [2.05, 4.69) is 5.32 Å². The van der Waals surface area contributed by atoms with E-state index in [-0.39, 0.29) is 11.7 Å². The third-order valence-electron chi connectivity index (χ3n) is 3.46. The summed E-state index contributed by atoms with van der Waals surface area (Å²) in [5, 5.41) is 4.74. The Bertz CT molecular complexity index is 833. The number of anilines is 1. The van der Waals surface area contributed by atoms with E-state index >= 15 is 0 Å². The summed E-state index contributed by atoms with van der Waals surface area (Å²) >= 11 is 0. The van der Waals surface area contributed by atoms with Gasteiger partial charge in [-0.1, -0.05) is 18.2 Å². The van der Waals surface area contributed by atoms with Crippen LogP contribution in [0, 0.1) is 0 Å². The standard InChI is InChI=1S/C15H16N2O4S/c1-22(19,20)21-12-6-5-11-3-2-4-14(13(11)9-12)17-8-7-16-10-15(17)18/h2-6,9,16H,7-8,10H2,1H3. The Kier molecular flexibility index (Phi) is 3.76. The third kappa shape index (κ3) is 3.05. The van der Waals surface area contributed by atoms with Crippen LogP contribution >= 0.6 is 0 Å². The second kappa shape index (κ2) is 5.58. The van der Waals surface area contributed by atoms with Crippen molar-refractivity contribution in [3.05, 3.63) is 36.4 Å². The second-order valence-electron chi connectivity index (χ2n) is 5.17. The van der Waals surface area contributed by atoms with Gasteiger partial charge in [-0.05, 0) is 23.6 Å². The van der Waals surface area contributed by atoms with E-state index in [4.69, 9.17) is 4.18 Å². The Hall–Kier alpha value is -2.12. The number of fused-ring (bicyclic) bond motifs is 1. The van der Waals surface area contributed by atoms with Crippen molar-refractivity contribution in [1.82, 2.24) is 5.32 Å². The van der Waals surface area contributed by atoms with Crippen LogP contribution in [0.15, 0.2) is 36.4 Å². The Morgan fingerprint density at radius 3 is 2.77 bits per heavy atom. The minimum Gasteiger partial charge on any atom is -0.383 e. The molecule has 22 heavy (non-hydrogen) atoms. The van der Waals surface area contributed by atoms with Crippen LogP contribution in [-0.4, -0.2) is 40.2 Å². The molecule has 1 heterocycles. The molecule has 7 heteroatoms. The van der Waals surface area contributed by atoms with Gasteiger partial charge < -0.3 is 14.4 Å². The van der Waals surface area contributed by atoms with Gasteiger partial charge in [0.25, 0.3) is 0 Å². The van der Waals surface area contributed by atoms with Crippen LogP contribution in [0.1, 0.15) is 0 Å². The minimum atomic E-state index is -3.58. The van der Waals surface area contributed by atoms with Crippen LogP contribution in [0.25, 0.3) is 10.8 Å². The molecule has 1 N–H and O–H groups in total. The number of nitrogens with one attached hydrogen (secondary N) is 1. The molecule has 0 spiro atoms. The molecule has 0 aliphatic carbocycles. The summed E-state index contributed by atoms with van der Waals surface area (Å²) in [5.41, 5.74) is 0.767. The molecule has 6 nitrogen and oxygen atoms in total. The van der Waals surface area contributed by atoms with Crippen LogP contribution in [0.5, 0.6) is 5.75 Å². The molecule has 1 aliphatic rings. The monoisotopic (exact) mass is 320 g/mol. The van der Waals surface area contributed by atoms with Crippen LogP contribution < -0.4 is 14.4 Å². The fraction of sp³-hybridized carbons (Fsp3) is 0.267. The maximum atomic E-state index is 12.1. The highest BCUT2D eigenvalue weighted by atomic mass is 32.2. The highest BCUT2D eigenvalue weighted by Gasteiger charge is 2.21. The van der Waals surface area contributed by atoms with Crippen molar-refractivity contribution in [3.8, 4) is 5.75 Å². The highest BCUT2D eigenvalue weighted by molar-refractivity contribution is 7.86. The Morgan fingerprint density at radius 2 is 2.05 bits per heavy atom. The number of rotatable bonds is 3. The Labute approximate surface area is 128 Å². The van der Waals surface area contributed by atoms with Gasteiger partial charge in [-0.15, -0.1) is 0 Å². The molecule has 2 aromatic carbocycles. The number of carbonyl (C=O) groups excluding carboxylic acids is 1. The SMILES string of the molecule is CS(=O)(=O)Oc1ccc2cccc(N3CCNCC3=O)c2c1. The fourth-order valence-corrected chi connectivity index (χ4v) is 3.01. The molecular formula is C15H16N2O4S. The number of piperazine rings is 1. The van der Waals surface area contributed by atoms with Crippen LogP contribution in [0.3, 0.4) is 0 Å². The van der Waals surface area contributed by atoms with Crippen LogP contribution in [0.4, 0.5) is 5.69 Å². The Balaban J connectivity index is 2.09. The maximum absolute atomic E-state index is 12.1. The third-order valence-corrected chi connectivity index (χ3v) is 3.95. The molecule has 2 aromatic rings. The average Bonchev–Trinajstić information content (AvgIpc) is 2.46. The molecule has 1 fully saturated rings. The van der Waals surface area contributed by atoms with Gasteiger partial charge in [0.1, 0.15) is 5.75 Å². The van der Waals surface area contributed by atoms with E-state index in [1.54, 1.807) is 23.1 Å². The van der Waals surface area contributed by atoms with E-state index in [9.17, 15) is 13.2 Å². The van der Waals surface area contributed by atoms with Gasteiger partial charge in [0.2, 0.25) is 5.91 Å². The van der Waals surface area contributed by atoms with Gasteiger partial charge in [-0.25, -0.2) is 0 Å². The van der Waals surface area contributed by atoms with Gasteiger partial charge in [-0.3, -0.25) is 4.79 Å². The van der Waals surface area contributed by atoms with E-state index in [0.717, 1.165) is 29.3 Å². The molecule has 0 bridgehead atoms. The molecule has 0 unspecified atom stereocenters. The Morgan fingerprint density at radius 1 is 1.23 bits per heavy atom. The maximum Gasteiger partial charge on any atom is 0.306 e. The van der Waals surface area contributed by atoms with E-state index in [1.807, 2.05) is 18.2 Å². The van der Waals surface area contributed by atoms with Crippen LogP contribution in [-0.2, 0) is 14.9 Å². The topological polar surface area (TPSA) is 75.7 Å². The van der Waals surface area contributed by atoms with Crippen molar-refractivity contribution in [2.24, 2.45) is 0 Å². The zero-order valence-electron chi connectivity index (χ0n) is 12.1. The quantitative estimate of drug-likeness (QED) is 0.858. The van der Waals surface area contributed by atoms with Crippen molar-refractivity contribution in [1.29, 1.82) is 0 Å². The number of nitrogens with zero attached hydrogens (tertiary/aromatic N) is 1. The summed E-state index contributed by atoms with van der Waals surface area (Å²) in [7, 11) is -3.58. The first-order valence-electron chi connectivity index (χ1n) is 6.87. The van der Waals surface area contributed by atoms with Gasteiger partial charge in [0, 0.05) is 18.5 Å². The van der Waals surface area contributed by atoms with E-state index < -0.39 is 10.1 Å². The van der Waals surface area contributed by atoms with Gasteiger partial charge in [-0.2, -0.15) is 8.42 Å². The summed E-state index contributed by atoms with van der Waals surface area (Å²) in [5.74, 6) is 0.234. The normalized spacial score (nSPS) is 16.0. The summed E-state index contributed by atoms with van der Waals surface area (Å²) in [4.78, 5) is 13.8. The van der Waals surface area contributed by atoms with Crippen LogP contribution in [0.2, 0.25) is 0 Å². The molecule has 0 aromatic heterocycles. The molecule has 0 saturated carbocycles. The molecule has 1 saturated heterocycles. The first kappa shape index (κ1) is 14.8. The summed E-state index contributed by atoms with van der Waals surface area (Å²) < 4.78 is 27.5. The molecule has 0 atom stereocenters. The summed E-state index contributed by atoms with van der Waals surface area (Å²) in [6, 6.07) is 10.7. The summed E-state index contributed by atoms with van der Waals surface area (Å²) in [6.45, 7) is 1.60. The highest BCUT2D eigenvalue weighted by Crippen LogP contribution is 2.31. The second-order valence-corrected chi connectivity index (χ2v) is 6.74. The molecular weight excluding hydrogens is 304 g/mol. The fourth-order valence-electron chi connectivity index (χ4n) is 2.56. The van der Waals surface area contributed by atoms with Crippen molar-refractivity contribution in [3.63, 3.8) is 0 Å². The number of carbonyl (C=O) groups is 1. The summed E-state index contributed by atoms with van der Waals surface area (Å²) in [6.07, 6.45) is 1.00. The number of hydrogen-bond acceptors (Lipinski definition) is 5. The first-order chi connectivity index (χ1) is 10.4. The zero-order chi connectivity index (χ0) is 15.7. The lowest BCUT2D eigenvalue weighted by Gasteiger charge is -2.28. The molecule has 0 radical (unpaired) electrons.